The molecule has 12 aromatic heterocycles. The van der Waals surface area contributed by atoms with Crippen molar-refractivity contribution in [1.29, 1.82) is 0 Å². The van der Waals surface area contributed by atoms with E-state index in [-0.39, 0.29) is 20.6 Å². The number of imidazole rings is 4. The average molecular weight is 1220 g/mol. The van der Waals surface area contributed by atoms with Gasteiger partial charge in [0.15, 0.2) is 0 Å². The molecule has 14 nitrogen and oxygen atoms in total. The first-order chi connectivity index (χ1) is 43.0. The molecule has 20 rings (SSSR count). The highest BCUT2D eigenvalue weighted by atomic mass is 79.9. The molecule has 0 fully saturated rings. The highest BCUT2D eigenvalue weighted by Gasteiger charge is 2.20. The van der Waals surface area contributed by atoms with Crippen LogP contribution >= 0.6 is 15.9 Å². The Kier molecular flexibility index (Phi) is 12.2. The number of ether oxygens (including phenoxy) is 1. The molecule has 0 saturated heterocycles. The topological polar surface area (TPSA) is 150 Å². The number of rotatable bonds is 2. The second-order valence-corrected chi connectivity index (χ2v) is 22.4. The van der Waals surface area contributed by atoms with E-state index in [2.05, 4.69) is 128 Å². The number of pyridine rings is 8. The molecule has 8 aromatic carbocycles. The molecule has 0 aliphatic rings. The molecule has 0 aliphatic heterocycles. The van der Waals surface area contributed by atoms with Crippen LogP contribution in [-0.2, 0) is 0 Å². The lowest BCUT2D eigenvalue weighted by atomic mass is 10.1. The molecule has 0 amide bonds. The standard InChI is InChI=1S/C36H20N6O.C18H10BrN3.C18H11N3O.2CH4/c1-3-11-31-29(9-1)39-35-27-19-21(13-15-23(27)25-7-5-17-37-33(25)41(31)35)43-22-14-16-24-26-8-6-18-38-34(26)42-32-12-4-2-10-30(32)40-36(42)28(24)20-22;19-11-7-8-12-13-4-3-9-20-17(13)22-16-6-2-1-5-15(16)21-18(22)14(12)10-11;22-11-7-8-12-13-4-3-9-19-17(13)21-16-6-2-1-5-15(16)20-18(21)14(12)10-11;;/h1-20H;1-10H;1-10,22H;2*1H4. The van der Waals surface area contributed by atoms with E-state index in [4.69, 9.17) is 34.6 Å². The first-order valence-electron chi connectivity index (χ1n) is 28.3. The van der Waals surface area contributed by atoms with Gasteiger partial charge in [0.1, 0.15) is 62.4 Å². The van der Waals surface area contributed by atoms with Crippen molar-refractivity contribution in [2.45, 2.75) is 14.9 Å². The fourth-order valence-electron chi connectivity index (χ4n) is 12.9. The molecule has 0 bridgehead atoms. The van der Waals surface area contributed by atoms with E-state index < -0.39 is 0 Å². The summed E-state index contributed by atoms with van der Waals surface area (Å²) < 4.78 is 16.1. The Morgan fingerprint density at radius 1 is 0.281 bits per heavy atom. The third-order valence-corrected chi connectivity index (χ3v) is 17.1. The molecule has 15 heteroatoms. The van der Waals surface area contributed by atoms with Crippen LogP contribution in [-0.4, -0.2) is 62.6 Å². The second-order valence-electron chi connectivity index (χ2n) is 21.5. The molecule has 20 aromatic rings. The second kappa shape index (κ2) is 20.5. The van der Waals surface area contributed by atoms with Gasteiger partial charge < -0.3 is 9.84 Å². The summed E-state index contributed by atoms with van der Waals surface area (Å²) >= 11 is 3.57. The van der Waals surface area contributed by atoms with Crippen molar-refractivity contribution < 1.29 is 9.84 Å². The first kappa shape index (κ1) is 52.8. The maximum Gasteiger partial charge on any atom is 0.147 e. The summed E-state index contributed by atoms with van der Waals surface area (Å²) in [4.78, 5) is 38.3. The molecule has 0 radical (unpaired) electrons. The van der Waals surface area contributed by atoms with Crippen LogP contribution in [0.2, 0.25) is 0 Å². The van der Waals surface area contributed by atoms with Crippen molar-refractivity contribution in [3.05, 3.63) is 248 Å². The molecule has 0 aliphatic carbocycles. The maximum atomic E-state index is 9.88. The Hall–Kier alpha value is -11.7. The van der Waals surface area contributed by atoms with Gasteiger partial charge in [-0.2, -0.15) is 0 Å². The zero-order valence-electron chi connectivity index (χ0n) is 45.7. The minimum atomic E-state index is 0. The van der Waals surface area contributed by atoms with Crippen LogP contribution in [0.25, 0.3) is 154 Å². The largest absolute Gasteiger partial charge is 0.508 e. The molecular formula is C74H49BrN12O2. The molecule has 424 valence electrons. The van der Waals surface area contributed by atoms with Gasteiger partial charge in [0.25, 0.3) is 0 Å². The quantitative estimate of drug-likeness (QED) is 0.166. The predicted octanol–water partition coefficient (Wildman–Crippen LogP) is 18.6. The molecule has 0 atom stereocenters. The average Bonchev–Trinajstić information content (AvgIpc) is 1.77. The Labute approximate surface area is 514 Å². The Morgan fingerprint density at radius 3 is 0.944 bits per heavy atom. The van der Waals surface area contributed by atoms with E-state index >= 15 is 0 Å². The molecule has 12 heterocycles. The summed E-state index contributed by atoms with van der Waals surface area (Å²) in [6.07, 6.45) is 7.29. The first-order valence-corrected chi connectivity index (χ1v) is 29.1. The molecule has 0 spiro atoms. The summed E-state index contributed by atoms with van der Waals surface area (Å²) in [6.45, 7) is 0. The van der Waals surface area contributed by atoms with Crippen LogP contribution < -0.4 is 4.74 Å². The van der Waals surface area contributed by atoms with Crippen molar-refractivity contribution >= 4 is 170 Å². The third kappa shape index (κ3) is 8.09. The number of halogens is 1. The van der Waals surface area contributed by atoms with Gasteiger partial charge in [-0.25, -0.2) is 39.9 Å². The summed E-state index contributed by atoms with van der Waals surface area (Å²) in [5.41, 5.74) is 15.0. The minimum absolute atomic E-state index is 0. The van der Waals surface area contributed by atoms with E-state index in [1.165, 1.54) is 5.39 Å². The number of phenolic OH excluding ortho intramolecular Hbond substituents is 1. The van der Waals surface area contributed by atoms with Gasteiger partial charge in [-0.05, 0) is 185 Å². The molecule has 0 saturated carbocycles. The van der Waals surface area contributed by atoms with E-state index in [1.54, 1.807) is 18.3 Å². The van der Waals surface area contributed by atoms with Crippen LogP contribution in [0, 0.1) is 0 Å². The van der Waals surface area contributed by atoms with Crippen LogP contribution in [0.15, 0.2) is 248 Å². The number of hydrogen-bond acceptors (Lipinski definition) is 10. The van der Waals surface area contributed by atoms with Gasteiger partial charge in [-0.1, -0.05) is 85.4 Å². The van der Waals surface area contributed by atoms with Crippen LogP contribution in [0.3, 0.4) is 0 Å². The lowest BCUT2D eigenvalue weighted by Gasteiger charge is -2.12. The molecule has 0 unspecified atom stereocenters. The van der Waals surface area contributed by atoms with Crippen molar-refractivity contribution in [3.8, 4) is 17.2 Å². The van der Waals surface area contributed by atoms with Crippen LogP contribution in [0.4, 0.5) is 0 Å². The number of phenols is 1. The van der Waals surface area contributed by atoms with Crippen LogP contribution in [0.1, 0.15) is 14.9 Å². The SMILES string of the molecule is Brc1ccc2c3cccnc3n3c4ccccc4nc3c2c1.C.C.Oc1ccc2c3cccnc3n3c4ccccc4nc3c2c1.c1ccc2c(c1)nc1c3cc(Oc4ccc5c6cccnc6n6c7ccccc7nc6c5c4)ccc3c3cccnc3n21. The smallest absolute Gasteiger partial charge is 0.147 e. The van der Waals surface area contributed by atoms with E-state index in [0.29, 0.717) is 0 Å². The number of aromatic nitrogens is 12. The monoisotopic (exact) mass is 1220 g/mol. The zero-order chi connectivity index (χ0) is 57.4. The minimum Gasteiger partial charge on any atom is -0.508 e. The number of hydrogen-bond donors (Lipinski definition) is 1. The number of para-hydroxylation sites is 8. The summed E-state index contributed by atoms with van der Waals surface area (Å²) in [6, 6.07) is 72.9. The fraction of sp³-hybridized carbons (Fsp3) is 0.0270. The fourth-order valence-corrected chi connectivity index (χ4v) is 13.2. The number of nitrogens with zero attached hydrogens (tertiary/aromatic N) is 12. The van der Waals surface area contributed by atoms with Crippen molar-refractivity contribution in [2.24, 2.45) is 0 Å². The lowest BCUT2D eigenvalue weighted by molar-refractivity contribution is 0.476. The van der Waals surface area contributed by atoms with Gasteiger partial charge in [-0.15, -0.1) is 0 Å². The molecular weight excluding hydrogens is 1170 g/mol. The van der Waals surface area contributed by atoms with Gasteiger partial charge in [0.2, 0.25) is 0 Å². The highest BCUT2D eigenvalue weighted by Crippen LogP contribution is 2.39. The predicted molar refractivity (Wildman–Crippen MR) is 365 cm³/mol. The van der Waals surface area contributed by atoms with E-state index in [1.807, 2.05) is 140 Å². The van der Waals surface area contributed by atoms with Crippen molar-refractivity contribution in [3.63, 3.8) is 0 Å². The van der Waals surface area contributed by atoms with Gasteiger partial charge in [-0.3, -0.25) is 17.6 Å². The Morgan fingerprint density at radius 2 is 0.584 bits per heavy atom. The zero-order valence-corrected chi connectivity index (χ0v) is 47.3. The Balaban J connectivity index is 0.000000117. The maximum absolute atomic E-state index is 9.88. The number of fused-ring (bicyclic) bond motifs is 32. The molecule has 1 N–H and O–H groups in total. The highest BCUT2D eigenvalue weighted by molar-refractivity contribution is 9.10. The lowest BCUT2D eigenvalue weighted by Crippen LogP contribution is -1.95. The van der Waals surface area contributed by atoms with E-state index in [9.17, 15) is 5.11 Å². The van der Waals surface area contributed by atoms with Gasteiger partial charge in [0, 0.05) is 72.3 Å². The van der Waals surface area contributed by atoms with Crippen molar-refractivity contribution in [1.82, 2.24) is 57.5 Å². The van der Waals surface area contributed by atoms with Gasteiger partial charge in [0.05, 0.1) is 44.1 Å². The van der Waals surface area contributed by atoms with Crippen LogP contribution in [0.5, 0.6) is 17.2 Å². The summed E-state index contributed by atoms with van der Waals surface area (Å²) in [5, 5.41) is 22.7. The number of benzene rings is 8. The van der Waals surface area contributed by atoms with Gasteiger partial charge >= 0.3 is 0 Å². The third-order valence-electron chi connectivity index (χ3n) is 16.6. The Bertz CT molecular complexity index is 5930. The normalized spacial score (nSPS) is 11.7. The van der Waals surface area contributed by atoms with Crippen molar-refractivity contribution in [2.75, 3.05) is 0 Å². The van der Waals surface area contributed by atoms with E-state index in [0.717, 1.165) is 165 Å². The summed E-state index contributed by atoms with van der Waals surface area (Å²) in [7, 11) is 0. The molecule has 89 heavy (non-hydrogen) atoms. The number of aromatic hydroxyl groups is 1. The summed E-state index contributed by atoms with van der Waals surface area (Å²) in [5.74, 6) is 1.71.